The largest absolute Gasteiger partial charge is 0.346 e. The lowest BCUT2D eigenvalue weighted by molar-refractivity contribution is -0.154. The summed E-state index contributed by atoms with van der Waals surface area (Å²) in [6.07, 6.45) is 4.39. The van der Waals surface area contributed by atoms with Crippen molar-refractivity contribution in [1.29, 1.82) is 0 Å². The fraction of sp³-hybridized carbons (Fsp3) is 0.294. The summed E-state index contributed by atoms with van der Waals surface area (Å²) in [5.74, 6) is 0. The van der Waals surface area contributed by atoms with E-state index in [1.54, 1.807) is 0 Å². The van der Waals surface area contributed by atoms with Gasteiger partial charge in [0.1, 0.15) is 11.2 Å². The highest BCUT2D eigenvalue weighted by Crippen LogP contribution is 2.50. The van der Waals surface area contributed by atoms with Crippen LogP contribution in [0.25, 0.3) is 0 Å². The first-order valence-electron chi connectivity index (χ1n) is 13.7. The van der Waals surface area contributed by atoms with E-state index in [1.807, 2.05) is 0 Å². The molecule has 2 atom stereocenters. The zero-order chi connectivity index (χ0) is 25.0. The Morgan fingerprint density at radius 2 is 0.757 bits per heavy atom. The molecule has 6 rings (SSSR count). The van der Waals surface area contributed by atoms with Gasteiger partial charge in [0.05, 0.1) is 0 Å². The van der Waals surface area contributed by atoms with Gasteiger partial charge in [-0.05, 0) is 61.0 Å². The zero-order valence-electron chi connectivity index (χ0n) is 21.4. The molecule has 2 aliphatic heterocycles. The van der Waals surface area contributed by atoms with E-state index in [0.717, 1.165) is 38.8 Å². The van der Waals surface area contributed by atoms with Crippen LogP contribution in [0.3, 0.4) is 0 Å². The zero-order valence-corrected chi connectivity index (χ0v) is 21.4. The third-order valence-electron chi connectivity index (χ3n) is 8.23. The molecule has 0 aromatic heterocycles. The summed E-state index contributed by atoms with van der Waals surface area (Å²) in [6, 6.07) is 43.8. The number of hydrogen-bond acceptors (Lipinski definition) is 3. The van der Waals surface area contributed by atoms with E-state index in [1.165, 1.54) is 22.3 Å². The summed E-state index contributed by atoms with van der Waals surface area (Å²) in [5.41, 5.74) is 3.39. The summed E-state index contributed by atoms with van der Waals surface area (Å²) in [6.45, 7) is 2.00. The van der Waals surface area contributed by atoms with Crippen molar-refractivity contribution in [2.24, 2.45) is 0 Å². The van der Waals surface area contributed by atoms with E-state index in [4.69, 9.17) is 4.74 Å². The fourth-order valence-corrected chi connectivity index (χ4v) is 6.58. The monoisotopic (exact) mass is 488 g/mol. The summed E-state index contributed by atoms with van der Waals surface area (Å²) < 4.78 is 8.01. The molecule has 0 bridgehead atoms. The standard InChI is InChI=1S/C34H36N2O/c1-5-15-27(16-6-1)33(31-23-13-25-35-31,28-17-7-2-8-18-28)37-34(32-24-14-26-36-32,29-19-9-3-10-20-29)30-21-11-4-12-22-30/h1-12,15-22,31-32,35-36H,13-14,23-26H2/t31-,32-/m0/s1. The first-order chi connectivity index (χ1) is 18.3. The van der Waals surface area contributed by atoms with Gasteiger partial charge in [0.2, 0.25) is 0 Å². The van der Waals surface area contributed by atoms with Crippen LogP contribution in [0, 0.1) is 0 Å². The number of hydrogen-bond donors (Lipinski definition) is 2. The lowest BCUT2D eigenvalue weighted by atomic mass is 9.74. The van der Waals surface area contributed by atoms with Crippen LogP contribution in [0.5, 0.6) is 0 Å². The molecule has 0 saturated carbocycles. The van der Waals surface area contributed by atoms with E-state index in [2.05, 4.69) is 132 Å². The van der Waals surface area contributed by atoms with E-state index >= 15 is 0 Å². The topological polar surface area (TPSA) is 33.3 Å². The Balaban J connectivity index is 1.66. The summed E-state index contributed by atoms with van der Waals surface area (Å²) in [5, 5.41) is 7.73. The molecule has 2 fully saturated rings. The Kier molecular flexibility index (Phi) is 6.93. The van der Waals surface area contributed by atoms with Crippen molar-refractivity contribution in [2.75, 3.05) is 13.1 Å². The third kappa shape index (κ3) is 4.31. The van der Waals surface area contributed by atoms with E-state index in [-0.39, 0.29) is 12.1 Å². The van der Waals surface area contributed by atoms with Crippen LogP contribution >= 0.6 is 0 Å². The van der Waals surface area contributed by atoms with Crippen molar-refractivity contribution in [3.8, 4) is 0 Å². The second kappa shape index (κ2) is 10.6. The van der Waals surface area contributed by atoms with Crippen molar-refractivity contribution >= 4 is 0 Å². The molecule has 37 heavy (non-hydrogen) atoms. The molecule has 2 aliphatic rings. The molecule has 188 valence electrons. The Hall–Kier alpha value is -3.24. The Morgan fingerprint density at radius 1 is 0.459 bits per heavy atom. The predicted octanol–water partition coefficient (Wildman–Crippen LogP) is 6.39. The van der Waals surface area contributed by atoms with Crippen molar-refractivity contribution in [3.05, 3.63) is 144 Å². The molecule has 3 nitrogen and oxygen atoms in total. The van der Waals surface area contributed by atoms with Gasteiger partial charge in [0.25, 0.3) is 0 Å². The number of ether oxygens (including phenoxy) is 1. The minimum absolute atomic E-state index is 0.144. The number of benzene rings is 4. The predicted molar refractivity (Wildman–Crippen MR) is 150 cm³/mol. The van der Waals surface area contributed by atoms with Gasteiger partial charge in [-0.3, -0.25) is 0 Å². The molecular weight excluding hydrogens is 452 g/mol. The van der Waals surface area contributed by atoms with Gasteiger partial charge in [-0.25, -0.2) is 0 Å². The van der Waals surface area contributed by atoms with Crippen molar-refractivity contribution in [1.82, 2.24) is 10.6 Å². The number of nitrogens with one attached hydrogen (secondary N) is 2. The third-order valence-corrected chi connectivity index (χ3v) is 8.23. The van der Waals surface area contributed by atoms with Crippen LogP contribution in [-0.2, 0) is 15.9 Å². The number of rotatable bonds is 8. The maximum Gasteiger partial charge on any atom is 0.135 e. The van der Waals surface area contributed by atoms with Crippen LogP contribution in [0.4, 0.5) is 0 Å². The Bertz CT molecular complexity index is 1070. The average Bonchev–Trinajstić information content (AvgIpc) is 3.72. The SMILES string of the molecule is c1ccc(C(OC(c2ccccc2)(c2ccccc2)[C@@H]2CCCN2)(c2ccccc2)[C@@H]2CCCN2)cc1. The highest BCUT2D eigenvalue weighted by molar-refractivity contribution is 5.44. The van der Waals surface area contributed by atoms with Crippen molar-refractivity contribution < 1.29 is 4.74 Å². The fourth-order valence-electron chi connectivity index (χ4n) is 6.58. The molecule has 0 unspecified atom stereocenters. The highest BCUT2D eigenvalue weighted by Gasteiger charge is 2.54. The quantitative estimate of drug-likeness (QED) is 0.301. The molecule has 0 aliphatic carbocycles. The van der Waals surface area contributed by atoms with E-state index in [9.17, 15) is 0 Å². The van der Waals surface area contributed by atoms with Gasteiger partial charge in [-0.1, -0.05) is 121 Å². The van der Waals surface area contributed by atoms with Crippen LogP contribution in [0.1, 0.15) is 47.9 Å². The summed E-state index contributed by atoms with van der Waals surface area (Å²) in [4.78, 5) is 0. The lowest BCUT2D eigenvalue weighted by Crippen LogP contribution is -2.58. The van der Waals surface area contributed by atoms with Gasteiger partial charge in [0.15, 0.2) is 0 Å². The second-order valence-electron chi connectivity index (χ2n) is 10.3. The molecule has 3 heteroatoms. The Labute approximate surface area is 220 Å². The molecule has 4 aromatic carbocycles. The normalized spacial score (nSPS) is 20.2. The van der Waals surface area contributed by atoms with Crippen LogP contribution in [0.2, 0.25) is 0 Å². The van der Waals surface area contributed by atoms with Gasteiger partial charge in [-0.15, -0.1) is 0 Å². The lowest BCUT2D eigenvalue weighted by Gasteiger charge is -2.50. The van der Waals surface area contributed by atoms with Gasteiger partial charge in [0, 0.05) is 12.1 Å². The van der Waals surface area contributed by atoms with E-state index in [0.29, 0.717) is 0 Å². The van der Waals surface area contributed by atoms with Gasteiger partial charge in [-0.2, -0.15) is 0 Å². The molecule has 0 spiro atoms. The minimum atomic E-state index is -0.686. The molecule has 2 N–H and O–H groups in total. The summed E-state index contributed by atoms with van der Waals surface area (Å²) >= 11 is 0. The molecular formula is C34H36N2O. The second-order valence-corrected chi connectivity index (χ2v) is 10.3. The molecule has 2 heterocycles. The van der Waals surface area contributed by atoms with Crippen LogP contribution in [0.15, 0.2) is 121 Å². The molecule has 0 amide bonds. The van der Waals surface area contributed by atoms with Crippen LogP contribution in [-0.4, -0.2) is 25.2 Å². The first-order valence-corrected chi connectivity index (χ1v) is 13.7. The molecule has 0 radical (unpaired) electrons. The molecule has 4 aromatic rings. The average molecular weight is 489 g/mol. The highest BCUT2D eigenvalue weighted by atomic mass is 16.5. The molecule has 2 saturated heterocycles. The van der Waals surface area contributed by atoms with Gasteiger partial charge >= 0.3 is 0 Å². The van der Waals surface area contributed by atoms with Crippen LogP contribution < -0.4 is 10.6 Å². The van der Waals surface area contributed by atoms with Gasteiger partial charge < -0.3 is 15.4 Å². The minimum Gasteiger partial charge on any atom is -0.346 e. The smallest absolute Gasteiger partial charge is 0.135 e. The summed E-state index contributed by atoms with van der Waals surface area (Å²) in [7, 11) is 0. The van der Waals surface area contributed by atoms with Crippen molar-refractivity contribution in [2.45, 2.75) is 49.0 Å². The Morgan fingerprint density at radius 3 is 1.00 bits per heavy atom. The van der Waals surface area contributed by atoms with Crippen molar-refractivity contribution in [3.63, 3.8) is 0 Å². The maximum absolute atomic E-state index is 8.01. The first kappa shape index (κ1) is 24.1. The maximum atomic E-state index is 8.01. The van der Waals surface area contributed by atoms with E-state index < -0.39 is 11.2 Å².